The average molecular weight is 717 g/mol. The second kappa shape index (κ2) is 25.0. The molecule has 0 nitrogen and oxygen atoms in total. The molecule has 0 aromatic rings. The molecule has 0 fully saturated rings. The molecule has 0 rings (SSSR count). The third-order valence-electron chi connectivity index (χ3n) is 0. The Hall–Kier alpha value is 3.80. The quantitative estimate of drug-likeness (QED) is 0.173. The van der Waals surface area contributed by atoms with Gasteiger partial charge >= 0.3 is 26.2 Å². The number of rotatable bonds is 0. The van der Waals surface area contributed by atoms with Gasteiger partial charge in [-0.2, -0.15) is 0 Å². The van der Waals surface area contributed by atoms with Crippen LogP contribution in [0.15, 0.2) is 0 Å². The standard InChI is InChI=1S/Bi.4HI/h;4*1H/q+4;;;;/p-4. The summed E-state index contributed by atoms with van der Waals surface area (Å²) in [6, 6.07) is 0. The molecule has 5 heteroatoms. The molecular weight excluding hydrogens is 717 g/mol. The van der Waals surface area contributed by atoms with Crippen molar-refractivity contribution in [3.05, 3.63) is 0 Å². The van der Waals surface area contributed by atoms with Crippen LogP contribution in [0.1, 0.15) is 0 Å². The van der Waals surface area contributed by atoms with E-state index in [0.29, 0.717) is 0 Å². The molecule has 0 saturated carbocycles. The van der Waals surface area contributed by atoms with Crippen molar-refractivity contribution in [2.24, 2.45) is 0 Å². The molecule has 33 valence electrons. The normalized spacial score (nSPS) is 0. The zero-order chi connectivity index (χ0) is 0. The van der Waals surface area contributed by atoms with Crippen molar-refractivity contribution in [3.63, 3.8) is 0 Å². The first kappa shape index (κ1) is 37.1. The zero-order valence-corrected chi connectivity index (χ0v) is 14.1. The Kier molecular flexibility index (Phi) is 185. The van der Waals surface area contributed by atoms with Gasteiger partial charge in [-0.05, 0) is 0 Å². The van der Waals surface area contributed by atoms with Gasteiger partial charge in [0.1, 0.15) is 0 Å². The maximum atomic E-state index is 0. The first-order chi connectivity index (χ1) is 0. The third-order valence-corrected chi connectivity index (χ3v) is 0. The minimum atomic E-state index is 0. The molecule has 0 atom stereocenters. The minimum absolute atomic E-state index is 0. The monoisotopic (exact) mass is 717 g/mol. The first-order valence-corrected chi connectivity index (χ1v) is 0. The van der Waals surface area contributed by atoms with Crippen LogP contribution >= 0.6 is 0 Å². The predicted octanol–water partition coefficient (Wildman–Crippen LogP) is -12.4. The summed E-state index contributed by atoms with van der Waals surface area (Å²) in [6.07, 6.45) is 0. The topological polar surface area (TPSA) is 0 Å². The van der Waals surface area contributed by atoms with E-state index >= 15 is 0 Å². The van der Waals surface area contributed by atoms with Crippen LogP contribution in [-0.2, 0) is 0 Å². The summed E-state index contributed by atoms with van der Waals surface area (Å²) in [4.78, 5) is 0. The van der Waals surface area contributed by atoms with Gasteiger partial charge in [0.15, 0.2) is 0 Å². The van der Waals surface area contributed by atoms with Gasteiger partial charge in [0, 0.05) is 0 Å². The molecule has 0 aromatic heterocycles. The smallest absolute Gasteiger partial charge is 1.00 e. The van der Waals surface area contributed by atoms with E-state index in [4.69, 9.17) is 0 Å². The molecule has 0 aromatic carbocycles. The SMILES string of the molecule is [Bi+4].[I-].[I-].[I-].[I-]. The summed E-state index contributed by atoms with van der Waals surface area (Å²) in [6.45, 7) is 0. The summed E-state index contributed by atoms with van der Waals surface area (Å²) in [5.41, 5.74) is 0. The number of hydrogen-bond donors (Lipinski definition) is 0. The van der Waals surface area contributed by atoms with Crippen LogP contribution in [0, 0.1) is 0 Å². The summed E-state index contributed by atoms with van der Waals surface area (Å²) in [7, 11) is 0. The van der Waals surface area contributed by atoms with Crippen molar-refractivity contribution in [1.29, 1.82) is 0 Å². The van der Waals surface area contributed by atoms with Gasteiger partial charge in [-0.15, -0.1) is 0 Å². The van der Waals surface area contributed by atoms with E-state index in [1.807, 2.05) is 0 Å². The third kappa shape index (κ3) is 18.2. The molecule has 0 aliphatic carbocycles. The largest absolute Gasteiger partial charge is 4.00 e. The second-order valence-corrected chi connectivity index (χ2v) is 0. The average Bonchev–Trinajstić information content (AvgIpc) is 0. The van der Waals surface area contributed by atoms with Crippen LogP contribution in [-0.4, -0.2) is 26.2 Å². The Morgan fingerprint density at radius 3 is 0.400 bits per heavy atom. The van der Waals surface area contributed by atoms with E-state index < -0.39 is 0 Å². The zero-order valence-electron chi connectivity index (χ0n) is 1.96. The van der Waals surface area contributed by atoms with Crippen LogP contribution in [0.4, 0.5) is 0 Å². The fourth-order valence-corrected chi connectivity index (χ4v) is 0. The van der Waals surface area contributed by atoms with E-state index in [1.54, 1.807) is 0 Å². The Labute approximate surface area is 119 Å². The summed E-state index contributed by atoms with van der Waals surface area (Å²) in [5, 5.41) is 0. The molecule has 5 heavy (non-hydrogen) atoms. The maximum absolute atomic E-state index is 0. The van der Waals surface area contributed by atoms with Crippen molar-refractivity contribution < 1.29 is 95.9 Å². The Morgan fingerprint density at radius 2 is 0.400 bits per heavy atom. The van der Waals surface area contributed by atoms with Crippen LogP contribution in [0.25, 0.3) is 0 Å². The molecule has 0 unspecified atom stereocenters. The van der Waals surface area contributed by atoms with E-state index in [1.165, 1.54) is 0 Å². The first-order valence-electron chi connectivity index (χ1n) is 0. The molecule has 0 heterocycles. The molecule has 0 spiro atoms. The Bertz CT molecular complexity index is 3.61. The van der Waals surface area contributed by atoms with Crippen molar-refractivity contribution in [3.8, 4) is 0 Å². The fraction of sp³-hybridized carbons (Fsp3) is 0. The van der Waals surface area contributed by atoms with Gasteiger partial charge in [0.05, 0.1) is 0 Å². The number of halogens is 4. The second-order valence-electron chi connectivity index (χ2n) is 0. The van der Waals surface area contributed by atoms with Gasteiger partial charge < -0.3 is 95.9 Å². The van der Waals surface area contributed by atoms with Crippen LogP contribution in [0.5, 0.6) is 0 Å². The predicted molar refractivity (Wildman–Crippen MR) is 5.75 cm³/mol. The molecule has 0 aliphatic heterocycles. The fourth-order valence-electron chi connectivity index (χ4n) is 0. The molecular formula is BiI4. The van der Waals surface area contributed by atoms with E-state index in [-0.39, 0.29) is 122 Å². The molecule has 0 amide bonds. The summed E-state index contributed by atoms with van der Waals surface area (Å²) in [5.74, 6) is 0. The maximum Gasteiger partial charge on any atom is 4.00 e. The molecule has 1 radical (unpaired) electrons. The van der Waals surface area contributed by atoms with Crippen LogP contribution in [0.3, 0.4) is 0 Å². The van der Waals surface area contributed by atoms with Gasteiger partial charge in [0.25, 0.3) is 0 Å². The van der Waals surface area contributed by atoms with E-state index in [9.17, 15) is 0 Å². The number of hydrogen-bond acceptors (Lipinski definition) is 0. The molecule has 0 aliphatic rings. The van der Waals surface area contributed by atoms with Gasteiger partial charge in [0.2, 0.25) is 0 Å². The van der Waals surface area contributed by atoms with Gasteiger partial charge in [-0.3, -0.25) is 0 Å². The summed E-state index contributed by atoms with van der Waals surface area (Å²) >= 11 is 0. The van der Waals surface area contributed by atoms with Crippen molar-refractivity contribution in [2.45, 2.75) is 0 Å². The van der Waals surface area contributed by atoms with Gasteiger partial charge in [-0.25, -0.2) is 0 Å². The Morgan fingerprint density at radius 1 is 0.400 bits per heavy atom. The minimum Gasteiger partial charge on any atom is -1.00 e. The summed E-state index contributed by atoms with van der Waals surface area (Å²) < 4.78 is 0. The van der Waals surface area contributed by atoms with E-state index in [2.05, 4.69) is 0 Å². The molecule has 0 saturated heterocycles. The van der Waals surface area contributed by atoms with Crippen molar-refractivity contribution in [2.75, 3.05) is 0 Å². The molecule has 0 N–H and O–H groups in total. The van der Waals surface area contributed by atoms with Crippen LogP contribution < -0.4 is 95.9 Å². The Balaban J connectivity index is 0. The van der Waals surface area contributed by atoms with Crippen molar-refractivity contribution >= 4 is 26.2 Å². The van der Waals surface area contributed by atoms with Crippen LogP contribution in [0.2, 0.25) is 0 Å². The van der Waals surface area contributed by atoms with E-state index in [0.717, 1.165) is 0 Å². The van der Waals surface area contributed by atoms with Gasteiger partial charge in [-0.1, -0.05) is 0 Å². The van der Waals surface area contributed by atoms with Crippen molar-refractivity contribution in [1.82, 2.24) is 0 Å². The molecule has 0 bridgehead atoms.